The Morgan fingerprint density at radius 2 is 2.12 bits per heavy atom. The minimum Gasteiger partial charge on any atom is -0.330 e. The van der Waals surface area contributed by atoms with Gasteiger partial charge in [-0.25, -0.2) is 13.1 Å². The Bertz CT molecular complexity index is 903. The summed E-state index contributed by atoms with van der Waals surface area (Å²) in [6.45, 7) is 5.51. The number of nitrogens with zero attached hydrogens (tertiary/aromatic N) is 3. The standard InChI is InChI=1S/C17H24N4O2S3/c1-3-9-20(15-8-10-26(22,23)11-15)12-21-17(24)25-16(19-21)18-14-6-4-13(2)5-7-14/h4-7,15H,3,8-12H2,1-2H3,(H,18,19). The Labute approximate surface area is 163 Å². The highest BCUT2D eigenvalue weighted by molar-refractivity contribution is 7.91. The molecule has 1 saturated heterocycles. The number of sulfone groups is 1. The fourth-order valence-electron chi connectivity index (χ4n) is 3.10. The van der Waals surface area contributed by atoms with Gasteiger partial charge in [-0.15, -0.1) is 5.10 Å². The molecule has 0 bridgehead atoms. The molecule has 1 aliphatic rings. The second kappa shape index (κ2) is 8.16. The molecule has 1 aliphatic heterocycles. The van der Waals surface area contributed by atoms with Crippen molar-refractivity contribution in [1.29, 1.82) is 0 Å². The summed E-state index contributed by atoms with van der Waals surface area (Å²) in [4.78, 5) is 2.19. The number of anilines is 2. The summed E-state index contributed by atoms with van der Waals surface area (Å²) >= 11 is 6.89. The van der Waals surface area contributed by atoms with Gasteiger partial charge in [-0.2, -0.15) is 0 Å². The van der Waals surface area contributed by atoms with E-state index in [-0.39, 0.29) is 17.5 Å². The first-order valence-corrected chi connectivity index (χ1v) is 11.8. The fourth-order valence-corrected chi connectivity index (χ4v) is 5.87. The van der Waals surface area contributed by atoms with Gasteiger partial charge in [0, 0.05) is 11.7 Å². The summed E-state index contributed by atoms with van der Waals surface area (Å²) in [5.74, 6) is 0.513. The molecule has 1 unspecified atom stereocenters. The van der Waals surface area contributed by atoms with E-state index in [0.29, 0.717) is 17.0 Å². The first kappa shape index (κ1) is 19.5. The topological polar surface area (TPSA) is 67.2 Å². The zero-order valence-electron chi connectivity index (χ0n) is 15.0. The van der Waals surface area contributed by atoms with Crippen molar-refractivity contribution in [2.24, 2.45) is 0 Å². The van der Waals surface area contributed by atoms with Crippen LogP contribution in [0.25, 0.3) is 0 Å². The maximum Gasteiger partial charge on any atom is 0.209 e. The molecule has 1 aromatic carbocycles. The number of rotatable bonds is 7. The molecule has 142 valence electrons. The van der Waals surface area contributed by atoms with E-state index >= 15 is 0 Å². The van der Waals surface area contributed by atoms with Crippen molar-refractivity contribution in [3.63, 3.8) is 0 Å². The van der Waals surface area contributed by atoms with Crippen LogP contribution in [-0.4, -0.2) is 47.2 Å². The number of hydrogen-bond donors (Lipinski definition) is 1. The van der Waals surface area contributed by atoms with Gasteiger partial charge in [-0.1, -0.05) is 36.0 Å². The van der Waals surface area contributed by atoms with Gasteiger partial charge >= 0.3 is 0 Å². The summed E-state index contributed by atoms with van der Waals surface area (Å²) in [6.07, 6.45) is 1.65. The predicted molar refractivity (Wildman–Crippen MR) is 109 cm³/mol. The monoisotopic (exact) mass is 412 g/mol. The van der Waals surface area contributed by atoms with Crippen molar-refractivity contribution in [3.05, 3.63) is 33.8 Å². The lowest BCUT2D eigenvalue weighted by Gasteiger charge is -2.27. The lowest BCUT2D eigenvalue weighted by atomic mass is 10.2. The Kier molecular flexibility index (Phi) is 6.11. The normalized spacial score (nSPS) is 19.1. The van der Waals surface area contributed by atoms with Crippen LogP contribution in [0.5, 0.6) is 0 Å². The minimum atomic E-state index is -2.91. The average molecular weight is 413 g/mol. The fraction of sp³-hybridized carbons (Fsp3) is 0.529. The Hall–Kier alpha value is -1.29. The SMILES string of the molecule is CCCN(Cn1nc(Nc2ccc(C)cc2)sc1=S)C1CCS(=O)(=O)C1. The third-order valence-electron chi connectivity index (χ3n) is 4.46. The molecule has 0 aliphatic carbocycles. The van der Waals surface area contributed by atoms with Crippen LogP contribution in [0.15, 0.2) is 24.3 Å². The molecule has 1 atom stereocenters. The zero-order valence-corrected chi connectivity index (χ0v) is 17.5. The third kappa shape index (κ3) is 4.91. The van der Waals surface area contributed by atoms with E-state index in [0.717, 1.165) is 23.8 Å². The quantitative estimate of drug-likeness (QED) is 0.701. The zero-order chi connectivity index (χ0) is 18.7. The van der Waals surface area contributed by atoms with Crippen LogP contribution in [0, 0.1) is 10.9 Å². The highest BCUT2D eigenvalue weighted by Crippen LogP contribution is 2.23. The van der Waals surface area contributed by atoms with Gasteiger partial charge in [0.15, 0.2) is 13.8 Å². The highest BCUT2D eigenvalue weighted by atomic mass is 32.2. The van der Waals surface area contributed by atoms with Gasteiger partial charge in [0.25, 0.3) is 0 Å². The summed E-state index contributed by atoms with van der Waals surface area (Å²) in [5.41, 5.74) is 2.18. The van der Waals surface area contributed by atoms with E-state index in [4.69, 9.17) is 12.2 Å². The molecule has 1 N–H and O–H groups in total. The second-order valence-electron chi connectivity index (χ2n) is 6.67. The number of hydrogen-bond acceptors (Lipinski definition) is 7. The first-order valence-electron chi connectivity index (χ1n) is 8.72. The van der Waals surface area contributed by atoms with Gasteiger partial charge in [0.1, 0.15) is 0 Å². The van der Waals surface area contributed by atoms with Crippen molar-refractivity contribution in [3.8, 4) is 0 Å². The third-order valence-corrected chi connectivity index (χ3v) is 7.43. The molecule has 0 spiro atoms. The van der Waals surface area contributed by atoms with Crippen molar-refractivity contribution in [1.82, 2.24) is 14.7 Å². The largest absolute Gasteiger partial charge is 0.330 e. The van der Waals surface area contributed by atoms with Crippen molar-refractivity contribution in [2.75, 3.05) is 23.4 Å². The first-order chi connectivity index (χ1) is 12.4. The van der Waals surface area contributed by atoms with Gasteiger partial charge in [0.2, 0.25) is 5.13 Å². The lowest BCUT2D eigenvalue weighted by Crippen LogP contribution is -2.38. The maximum absolute atomic E-state index is 11.8. The number of benzene rings is 1. The van der Waals surface area contributed by atoms with Crippen LogP contribution in [0.1, 0.15) is 25.3 Å². The van der Waals surface area contributed by atoms with Gasteiger partial charge in [0.05, 0.1) is 18.2 Å². The van der Waals surface area contributed by atoms with Crippen LogP contribution < -0.4 is 5.32 Å². The summed E-state index contributed by atoms with van der Waals surface area (Å²) in [5, 5.41) is 8.62. The van der Waals surface area contributed by atoms with Gasteiger partial charge < -0.3 is 5.32 Å². The van der Waals surface area contributed by atoms with E-state index in [9.17, 15) is 8.42 Å². The highest BCUT2D eigenvalue weighted by Gasteiger charge is 2.32. The summed E-state index contributed by atoms with van der Waals surface area (Å²) < 4.78 is 26.1. The van der Waals surface area contributed by atoms with E-state index in [1.165, 1.54) is 16.9 Å². The molecule has 0 radical (unpaired) electrons. The van der Waals surface area contributed by atoms with E-state index < -0.39 is 9.84 Å². The molecule has 0 amide bonds. The molecule has 0 saturated carbocycles. The minimum absolute atomic E-state index is 0.0528. The molecule has 26 heavy (non-hydrogen) atoms. The van der Waals surface area contributed by atoms with Crippen molar-refractivity contribution < 1.29 is 8.42 Å². The Morgan fingerprint density at radius 1 is 1.38 bits per heavy atom. The van der Waals surface area contributed by atoms with Crippen LogP contribution in [0.4, 0.5) is 10.8 Å². The molecule has 1 fully saturated rings. The van der Waals surface area contributed by atoms with Gasteiger partial charge in [-0.05, 0) is 50.7 Å². The molecular formula is C17H24N4O2S3. The molecule has 3 rings (SSSR count). The van der Waals surface area contributed by atoms with Crippen molar-refractivity contribution >= 4 is 44.2 Å². The number of aromatic nitrogens is 2. The molecule has 1 aromatic heterocycles. The number of aryl methyl sites for hydroxylation is 1. The van der Waals surface area contributed by atoms with E-state index in [1.54, 1.807) is 4.68 Å². The smallest absolute Gasteiger partial charge is 0.209 e. The van der Waals surface area contributed by atoms with Crippen molar-refractivity contribution in [2.45, 2.75) is 39.4 Å². The van der Waals surface area contributed by atoms with Crippen LogP contribution in [0.2, 0.25) is 0 Å². The molecule has 2 heterocycles. The number of nitrogens with one attached hydrogen (secondary N) is 1. The second-order valence-corrected chi connectivity index (χ2v) is 10.5. The van der Waals surface area contributed by atoms with Crippen LogP contribution >= 0.6 is 23.6 Å². The van der Waals surface area contributed by atoms with Gasteiger partial charge in [-0.3, -0.25) is 4.90 Å². The average Bonchev–Trinajstić information content (AvgIpc) is 3.11. The Morgan fingerprint density at radius 3 is 2.73 bits per heavy atom. The van der Waals surface area contributed by atoms with Crippen LogP contribution in [0.3, 0.4) is 0 Å². The van der Waals surface area contributed by atoms with Crippen LogP contribution in [-0.2, 0) is 16.5 Å². The molecular weight excluding hydrogens is 388 g/mol. The predicted octanol–water partition coefficient (Wildman–Crippen LogP) is 3.58. The van der Waals surface area contributed by atoms with E-state index in [1.807, 2.05) is 31.2 Å². The molecule has 6 nitrogen and oxygen atoms in total. The molecule has 2 aromatic rings. The lowest BCUT2D eigenvalue weighted by molar-refractivity contribution is 0.156. The Balaban J connectivity index is 1.72. The molecule has 9 heteroatoms. The maximum atomic E-state index is 11.8. The summed E-state index contributed by atoms with van der Waals surface area (Å²) in [6, 6.07) is 8.16. The summed E-state index contributed by atoms with van der Waals surface area (Å²) in [7, 11) is -2.91. The van der Waals surface area contributed by atoms with E-state index in [2.05, 4.69) is 22.2 Å².